The SMILES string of the molecule is CCNC(=NCc1sc(C)nc1C)NCCc1ccc(CC)cc1.I. The Labute approximate surface area is 172 Å². The van der Waals surface area contributed by atoms with Gasteiger partial charge in [0.25, 0.3) is 0 Å². The number of rotatable bonds is 7. The molecule has 0 atom stereocenters. The standard InChI is InChI=1S/C19H28N4S.HI/c1-5-16-7-9-17(10-8-16)11-12-21-19(20-6-2)22-13-18-14(3)23-15(4)24-18;/h7-10H,5-6,11-13H2,1-4H3,(H2,20,21,22);1H. The third kappa shape index (κ3) is 7.32. The largest absolute Gasteiger partial charge is 0.357 e. The zero-order valence-corrected chi connectivity index (χ0v) is 18.7. The maximum absolute atomic E-state index is 4.68. The highest BCUT2D eigenvalue weighted by atomic mass is 127. The fourth-order valence-electron chi connectivity index (χ4n) is 2.48. The van der Waals surface area contributed by atoms with Crippen LogP contribution in [0, 0.1) is 13.8 Å². The van der Waals surface area contributed by atoms with Crippen LogP contribution < -0.4 is 10.6 Å². The number of aromatic nitrogens is 1. The van der Waals surface area contributed by atoms with E-state index in [0.717, 1.165) is 42.6 Å². The quantitative estimate of drug-likeness (QED) is 0.360. The van der Waals surface area contributed by atoms with E-state index in [2.05, 4.69) is 65.6 Å². The molecular formula is C19H29IN4S. The molecule has 25 heavy (non-hydrogen) atoms. The molecule has 0 amide bonds. The van der Waals surface area contributed by atoms with E-state index >= 15 is 0 Å². The van der Waals surface area contributed by atoms with Crippen molar-refractivity contribution >= 4 is 41.3 Å². The van der Waals surface area contributed by atoms with E-state index in [1.807, 2.05) is 6.92 Å². The molecule has 0 saturated carbocycles. The number of hydrogen-bond donors (Lipinski definition) is 2. The molecule has 2 aromatic rings. The average molecular weight is 472 g/mol. The van der Waals surface area contributed by atoms with Crippen LogP contribution in [-0.4, -0.2) is 24.0 Å². The third-order valence-electron chi connectivity index (χ3n) is 3.86. The van der Waals surface area contributed by atoms with Crippen LogP contribution in [0.2, 0.25) is 0 Å². The minimum atomic E-state index is 0. The Hall–Kier alpha value is -1.15. The van der Waals surface area contributed by atoms with E-state index in [4.69, 9.17) is 0 Å². The summed E-state index contributed by atoms with van der Waals surface area (Å²) in [6.07, 6.45) is 2.08. The van der Waals surface area contributed by atoms with Gasteiger partial charge in [-0.1, -0.05) is 31.2 Å². The molecule has 0 spiro atoms. The van der Waals surface area contributed by atoms with Gasteiger partial charge in [0.1, 0.15) is 0 Å². The van der Waals surface area contributed by atoms with Gasteiger partial charge in [0.15, 0.2) is 5.96 Å². The van der Waals surface area contributed by atoms with Crippen molar-refractivity contribution < 1.29 is 0 Å². The highest BCUT2D eigenvalue weighted by Crippen LogP contribution is 2.17. The Morgan fingerprint density at radius 1 is 1.08 bits per heavy atom. The van der Waals surface area contributed by atoms with Crippen molar-refractivity contribution in [3.05, 3.63) is 51.0 Å². The van der Waals surface area contributed by atoms with Crippen molar-refractivity contribution in [1.82, 2.24) is 15.6 Å². The zero-order chi connectivity index (χ0) is 17.4. The summed E-state index contributed by atoms with van der Waals surface area (Å²) < 4.78 is 0. The molecule has 1 aromatic carbocycles. The molecule has 0 bridgehead atoms. The first-order valence-corrected chi connectivity index (χ1v) is 9.47. The second-order valence-corrected chi connectivity index (χ2v) is 7.07. The minimum Gasteiger partial charge on any atom is -0.357 e. The Morgan fingerprint density at radius 2 is 1.76 bits per heavy atom. The van der Waals surface area contributed by atoms with Crippen LogP contribution in [0.25, 0.3) is 0 Å². The summed E-state index contributed by atoms with van der Waals surface area (Å²) in [5, 5.41) is 7.83. The van der Waals surface area contributed by atoms with Gasteiger partial charge >= 0.3 is 0 Å². The summed E-state index contributed by atoms with van der Waals surface area (Å²) >= 11 is 1.72. The molecule has 2 rings (SSSR count). The maximum Gasteiger partial charge on any atom is 0.191 e. The van der Waals surface area contributed by atoms with Crippen LogP contribution in [0.5, 0.6) is 0 Å². The molecular weight excluding hydrogens is 443 g/mol. The van der Waals surface area contributed by atoms with Gasteiger partial charge in [0.05, 0.1) is 17.2 Å². The summed E-state index contributed by atoms with van der Waals surface area (Å²) in [5.74, 6) is 0.869. The van der Waals surface area contributed by atoms with E-state index in [-0.39, 0.29) is 24.0 Å². The summed E-state index contributed by atoms with van der Waals surface area (Å²) in [6.45, 7) is 10.8. The lowest BCUT2D eigenvalue weighted by molar-refractivity contribution is 0.800. The fourth-order valence-corrected chi connectivity index (χ4v) is 3.34. The van der Waals surface area contributed by atoms with Gasteiger partial charge in [-0.05, 0) is 44.7 Å². The topological polar surface area (TPSA) is 49.3 Å². The van der Waals surface area contributed by atoms with Gasteiger partial charge in [0, 0.05) is 18.0 Å². The number of benzene rings is 1. The molecule has 4 nitrogen and oxygen atoms in total. The summed E-state index contributed by atoms with van der Waals surface area (Å²) in [6, 6.07) is 8.86. The van der Waals surface area contributed by atoms with Crippen molar-refractivity contribution in [1.29, 1.82) is 0 Å². The van der Waals surface area contributed by atoms with Crippen molar-refractivity contribution in [2.45, 2.75) is 47.1 Å². The first-order chi connectivity index (χ1) is 11.6. The summed E-state index contributed by atoms with van der Waals surface area (Å²) in [7, 11) is 0. The van der Waals surface area contributed by atoms with Crippen LogP contribution in [0.4, 0.5) is 0 Å². The molecule has 0 aliphatic rings. The number of nitrogens with zero attached hydrogens (tertiary/aromatic N) is 2. The van der Waals surface area contributed by atoms with Crippen LogP contribution >= 0.6 is 35.3 Å². The molecule has 0 unspecified atom stereocenters. The lowest BCUT2D eigenvalue weighted by atomic mass is 10.1. The zero-order valence-electron chi connectivity index (χ0n) is 15.6. The Morgan fingerprint density at radius 3 is 2.32 bits per heavy atom. The highest BCUT2D eigenvalue weighted by Gasteiger charge is 2.05. The lowest BCUT2D eigenvalue weighted by Gasteiger charge is -2.11. The molecule has 6 heteroatoms. The van der Waals surface area contributed by atoms with Gasteiger partial charge in [-0.15, -0.1) is 35.3 Å². The molecule has 1 heterocycles. The van der Waals surface area contributed by atoms with Gasteiger partial charge in [-0.2, -0.15) is 0 Å². The van der Waals surface area contributed by atoms with Gasteiger partial charge < -0.3 is 10.6 Å². The van der Waals surface area contributed by atoms with E-state index in [9.17, 15) is 0 Å². The number of thiazole rings is 1. The van der Waals surface area contributed by atoms with Gasteiger partial charge in [-0.3, -0.25) is 0 Å². The minimum absolute atomic E-state index is 0. The molecule has 0 aliphatic heterocycles. The monoisotopic (exact) mass is 472 g/mol. The lowest BCUT2D eigenvalue weighted by Crippen LogP contribution is -2.38. The van der Waals surface area contributed by atoms with Crippen LogP contribution in [0.3, 0.4) is 0 Å². The summed E-state index contributed by atoms with van der Waals surface area (Å²) in [4.78, 5) is 10.4. The van der Waals surface area contributed by atoms with Gasteiger partial charge in [-0.25, -0.2) is 9.98 Å². The Bertz CT molecular complexity index is 665. The van der Waals surface area contributed by atoms with Crippen molar-refractivity contribution in [3.8, 4) is 0 Å². The van der Waals surface area contributed by atoms with Crippen LogP contribution in [0.15, 0.2) is 29.3 Å². The Kier molecular flexibility index (Phi) is 10.0. The number of halogens is 1. The number of aliphatic imine (C=N–C) groups is 1. The van der Waals surface area contributed by atoms with Gasteiger partial charge in [0.2, 0.25) is 0 Å². The molecule has 1 aromatic heterocycles. The van der Waals surface area contributed by atoms with E-state index in [1.165, 1.54) is 16.0 Å². The molecule has 138 valence electrons. The fraction of sp³-hybridized carbons (Fsp3) is 0.474. The molecule has 0 aliphatic carbocycles. The first-order valence-electron chi connectivity index (χ1n) is 8.65. The molecule has 0 saturated heterocycles. The molecule has 0 fully saturated rings. The predicted molar refractivity (Wildman–Crippen MR) is 119 cm³/mol. The number of aryl methyl sites for hydroxylation is 3. The number of guanidine groups is 1. The summed E-state index contributed by atoms with van der Waals surface area (Å²) in [5.41, 5.74) is 3.83. The smallest absolute Gasteiger partial charge is 0.191 e. The van der Waals surface area contributed by atoms with Crippen LogP contribution in [0.1, 0.15) is 40.6 Å². The van der Waals surface area contributed by atoms with E-state index in [0.29, 0.717) is 6.54 Å². The average Bonchev–Trinajstić information content (AvgIpc) is 2.91. The van der Waals surface area contributed by atoms with Crippen molar-refractivity contribution in [2.75, 3.05) is 13.1 Å². The van der Waals surface area contributed by atoms with Crippen LogP contribution in [-0.2, 0) is 19.4 Å². The second-order valence-electron chi connectivity index (χ2n) is 5.78. The number of nitrogens with one attached hydrogen (secondary N) is 2. The normalized spacial score (nSPS) is 11.1. The highest BCUT2D eigenvalue weighted by molar-refractivity contribution is 14.0. The van der Waals surface area contributed by atoms with E-state index < -0.39 is 0 Å². The molecule has 0 radical (unpaired) electrons. The number of hydrogen-bond acceptors (Lipinski definition) is 3. The maximum atomic E-state index is 4.68. The van der Waals surface area contributed by atoms with Crippen molar-refractivity contribution in [2.24, 2.45) is 4.99 Å². The third-order valence-corrected chi connectivity index (χ3v) is 4.92. The second kappa shape index (κ2) is 11.5. The van der Waals surface area contributed by atoms with Crippen molar-refractivity contribution in [3.63, 3.8) is 0 Å². The Balaban J connectivity index is 0.00000312. The molecule has 2 N–H and O–H groups in total. The van der Waals surface area contributed by atoms with E-state index in [1.54, 1.807) is 11.3 Å². The predicted octanol–water partition coefficient (Wildman–Crippen LogP) is 4.24. The first kappa shape index (κ1) is 21.9.